The quantitative estimate of drug-likeness (QED) is 0.618. The molecule has 1 N–H and O–H groups in total. The number of alkyl halides is 1. The second kappa shape index (κ2) is 6.69. The Hall–Kier alpha value is -1.91. The molecule has 2 aromatic carbocycles. The molecule has 1 aromatic heterocycles. The van der Waals surface area contributed by atoms with Gasteiger partial charge in [0.25, 0.3) is 5.91 Å². The highest BCUT2D eigenvalue weighted by Crippen LogP contribution is 2.24. The van der Waals surface area contributed by atoms with Gasteiger partial charge in [-0.3, -0.25) is 9.78 Å². The Labute approximate surface area is 147 Å². The van der Waals surface area contributed by atoms with Crippen LogP contribution in [0.1, 0.15) is 21.5 Å². The molecule has 1 heterocycles. The first-order chi connectivity index (χ1) is 11.1. The van der Waals surface area contributed by atoms with Gasteiger partial charge in [0, 0.05) is 33.2 Å². The van der Waals surface area contributed by atoms with Crippen molar-refractivity contribution < 1.29 is 4.79 Å². The van der Waals surface area contributed by atoms with Gasteiger partial charge in [-0.15, -0.1) is 11.6 Å². The molecule has 116 valence electrons. The number of nitrogens with zero attached hydrogens (tertiary/aromatic N) is 1. The molecule has 0 aliphatic carbocycles. The minimum atomic E-state index is -0.141. The van der Waals surface area contributed by atoms with Gasteiger partial charge in [0.2, 0.25) is 0 Å². The molecule has 5 heteroatoms. The molecule has 3 rings (SSSR count). The summed E-state index contributed by atoms with van der Waals surface area (Å²) in [5, 5.41) is 3.96. The Morgan fingerprint density at radius 3 is 2.65 bits per heavy atom. The van der Waals surface area contributed by atoms with Crippen molar-refractivity contribution in [1.29, 1.82) is 0 Å². The number of halogens is 2. The lowest BCUT2D eigenvalue weighted by molar-refractivity contribution is 0.102. The van der Waals surface area contributed by atoms with E-state index in [4.69, 9.17) is 11.6 Å². The van der Waals surface area contributed by atoms with Crippen molar-refractivity contribution in [2.75, 3.05) is 5.32 Å². The summed E-state index contributed by atoms with van der Waals surface area (Å²) in [6.07, 6.45) is 1.75. The molecule has 0 unspecified atom stereocenters. The molecule has 3 nitrogen and oxygen atoms in total. The van der Waals surface area contributed by atoms with E-state index in [1.54, 1.807) is 18.3 Å². The van der Waals surface area contributed by atoms with Gasteiger partial charge >= 0.3 is 0 Å². The van der Waals surface area contributed by atoms with Crippen LogP contribution in [0.5, 0.6) is 0 Å². The maximum atomic E-state index is 12.3. The number of anilines is 1. The van der Waals surface area contributed by atoms with Crippen LogP contribution in [0.2, 0.25) is 0 Å². The van der Waals surface area contributed by atoms with Gasteiger partial charge in [0.1, 0.15) is 0 Å². The van der Waals surface area contributed by atoms with Crippen molar-refractivity contribution in [2.45, 2.75) is 12.8 Å². The topological polar surface area (TPSA) is 42.0 Å². The highest BCUT2D eigenvalue weighted by molar-refractivity contribution is 9.10. The van der Waals surface area contributed by atoms with E-state index in [0.717, 1.165) is 32.2 Å². The van der Waals surface area contributed by atoms with E-state index < -0.39 is 0 Å². The summed E-state index contributed by atoms with van der Waals surface area (Å²) >= 11 is 9.21. The number of aryl methyl sites for hydroxylation is 1. The lowest BCUT2D eigenvalue weighted by atomic mass is 10.1. The third kappa shape index (κ3) is 3.54. The SMILES string of the molecule is Cc1cc2cc(CCl)cnc2cc1NC(=O)c1ccc(Br)cc1. The minimum Gasteiger partial charge on any atom is -0.322 e. The molecule has 0 saturated heterocycles. The van der Waals surface area contributed by atoms with Crippen molar-refractivity contribution in [3.63, 3.8) is 0 Å². The van der Waals surface area contributed by atoms with Crippen LogP contribution in [-0.4, -0.2) is 10.9 Å². The lowest BCUT2D eigenvalue weighted by Crippen LogP contribution is -2.12. The van der Waals surface area contributed by atoms with Crippen molar-refractivity contribution in [1.82, 2.24) is 4.98 Å². The van der Waals surface area contributed by atoms with Gasteiger partial charge < -0.3 is 5.32 Å². The zero-order valence-corrected chi connectivity index (χ0v) is 14.8. The average Bonchev–Trinajstić information content (AvgIpc) is 2.55. The molecule has 23 heavy (non-hydrogen) atoms. The lowest BCUT2D eigenvalue weighted by Gasteiger charge is -2.10. The van der Waals surface area contributed by atoms with Crippen molar-refractivity contribution in [2.24, 2.45) is 0 Å². The first kappa shape index (κ1) is 16.0. The number of amides is 1. The summed E-state index contributed by atoms with van der Waals surface area (Å²) in [6.45, 7) is 1.96. The summed E-state index contributed by atoms with van der Waals surface area (Å²) in [7, 11) is 0. The van der Waals surface area contributed by atoms with Gasteiger partial charge in [0.15, 0.2) is 0 Å². The van der Waals surface area contributed by atoms with Crippen LogP contribution in [0.4, 0.5) is 5.69 Å². The summed E-state index contributed by atoms with van der Waals surface area (Å²) in [5.74, 6) is 0.293. The number of hydrogen-bond donors (Lipinski definition) is 1. The number of carbonyl (C=O) groups is 1. The van der Waals surface area contributed by atoms with E-state index >= 15 is 0 Å². The second-order valence-electron chi connectivity index (χ2n) is 5.30. The number of nitrogens with one attached hydrogen (secondary N) is 1. The monoisotopic (exact) mass is 388 g/mol. The van der Waals surface area contributed by atoms with Gasteiger partial charge in [0.05, 0.1) is 5.52 Å². The fraction of sp³-hybridized carbons (Fsp3) is 0.111. The van der Waals surface area contributed by atoms with Gasteiger partial charge in [-0.1, -0.05) is 15.9 Å². The predicted octanol–water partition coefficient (Wildman–Crippen LogP) is 5.30. The average molecular weight is 390 g/mol. The molecule has 0 bridgehead atoms. The smallest absolute Gasteiger partial charge is 0.255 e. The summed E-state index contributed by atoms with van der Waals surface area (Å²) in [6, 6.07) is 13.2. The van der Waals surface area contributed by atoms with E-state index in [1.165, 1.54) is 0 Å². The molecule has 1 amide bonds. The number of pyridine rings is 1. The highest BCUT2D eigenvalue weighted by atomic mass is 79.9. The summed E-state index contributed by atoms with van der Waals surface area (Å²) in [5.41, 5.74) is 4.16. The van der Waals surface area contributed by atoms with E-state index in [-0.39, 0.29) is 5.91 Å². The molecule has 0 atom stereocenters. The molecular formula is C18H14BrClN2O. The van der Waals surface area contributed by atoms with Crippen molar-refractivity contribution in [3.05, 3.63) is 69.8 Å². The van der Waals surface area contributed by atoms with Crippen LogP contribution < -0.4 is 5.32 Å². The largest absolute Gasteiger partial charge is 0.322 e. The number of rotatable bonds is 3. The van der Waals surface area contributed by atoms with E-state index in [2.05, 4.69) is 26.2 Å². The zero-order chi connectivity index (χ0) is 16.4. The van der Waals surface area contributed by atoms with Crippen LogP contribution in [0.3, 0.4) is 0 Å². The molecule has 0 fully saturated rings. The van der Waals surface area contributed by atoms with Crippen LogP contribution in [0.25, 0.3) is 10.9 Å². The number of carbonyl (C=O) groups excluding carboxylic acids is 1. The summed E-state index contributed by atoms with van der Waals surface area (Å²) < 4.78 is 0.940. The highest BCUT2D eigenvalue weighted by Gasteiger charge is 2.09. The maximum Gasteiger partial charge on any atom is 0.255 e. The number of fused-ring (bicyclic) bond motifs is 1. The van der Waals surface area contributed by atoms with Gasteiger partial charge in [-0.25, -0.2) is 0 Å². The maximum absolute atomic E-state index is 12.3. The molecule has 3 aromatic rings. The predicted molar refractivity (Wildman–Crippen MR) is 98.1 cm³/mol. The van der Waals surface area contributed by atoms with Crippen molar-refractivity contribution >= 4 is 50.0 Å². The van der Waals surface area contributed by atoms with Gasteiger partial charge in [-0.05, 0) is 60.5 Å². The minimum absolute atomic E-state index is 0.141. The number of aromatic nitrogens is 1. The Morgan fingerprint density at radius 2 is 1.96 bits per heavy atom. The first-order valence-corrected chi connectivity index (χ1v) is 8.42. The zero-order valence-electron chi connectivity index (χ0n) is 12.4. The molecule has 0 radical (unpaired) electrons. The Balaban J connectivity index is 1.91. The van der Waals surface area contributed by atoms with Crippen LogP contribution in [0.15, 0.2) is 53.1 Å². The third-order valence-corrected chi connectivity index (χ3v) is 4.43. The van der Waals surface area contributed by atoms with E-state index in [9.17, 15) is 4.79 Å². The number of benzene rings is 2. The normalized spacial score (nSPS) is 10.7. The number of hydrogen-bond acceptors (Lipinski definition) is 2. The standard InChI is InChI=1S/C18H14BrClN2O/c1-11-6-14-7-12(9-20)10-21-17(14)8-16(11)22-18(23)13-2-4-15(19)5-3-13/h2-8,10H,9H2,1H3,(H,22,23). The molecule has 0 aliphatic rings. The first-order valence-electron chi connectivity index (χ1n) is 7.09. The third-order valence-electron chi connectivity index (χ3n) is 3.59. The van der Waals surface area contributed by atoms with Crippen LogP contribution >= 0.6 is 27.5 Å². The van der Waals surface area contributed by atoms with E-state index in [0.29, 0.717) is 11.4 Å². The van der Waals surface area contributed by atoms with Gasteiger partial charge in [-0.2, -0.15) is 0 Å². The Morgan fingerprint density at radius 1 is 1.22 bits per heavy atom. The van der Waals surface area contributed by atoms with Crippen LogP contribution in [0, 0.1) is 6.92 Å². The molecule has 0 saturated carbocycles. The Kier molecular flexibility index (Phi) is 4.64. The fourth-order valence-electron chi connectivity index (χ4n) is 2.34. The fourth-order valence-corrected chi connectivity index (χ4v) is 2.75. The van der Waals surface area contributed by atoms with E-state index in [1.807, 2.05) is 37.3 Å². The molecule has 0 aliphatic heterocycles. The Bertz CT molecular complexity index is 878. The molecular weight excluding hydrogens is 376 g/mol. The van der Waals surface area contributed by atoms with Crippen molar-refractivity contribution in [3.8, 4) is 0 Å². The second-order valence-corrected chi connectivity index (χ2v) is 6.48. The summed E-state index contributed by atoms with van der Waals surface area (Å²) in [4.78, 5) is 16.8. The molecule has 0 spiro atoms. The van der Waals surface area contributed by atoms with Crippen LogP contribution in [-0.2, 0) is 5.88 Å².